The van der Waals surface area contributed by atoms with Crippen LogP contribution in [0, 0.1) is 12.8 Å². The molecule has 0 saturated heterocycles. The molecule has 0 aliphatic heterocycles. The molecule has 1 N–H and O–H groups in total. The van der Waals surface area contributed by atoms with Gasteiger partial charge >= 0.3 is 0 Å². The predicted molar refractivity (Wildman–Crippen MR) is 64.9 cm³/mol. The lowest BCUT2D eigenvalue weighted by atomic mass is 10.1. The molecular formula is C11H14BrN3. The van der Waals surface area contributed by atoms with Crippen molar-refractivity contribution >= 4 is 27.0 Å². The number of halogens is 1. The van der Waals surface area contributed by atoms with Gasteiger partial charge in [0, 0.05) is 10.7 Å². The highest BCUT2D eigenvalue weighted by molar-refractivity contribution is 9.10. The molecule has 0 saturated carbocycles. The van der Waals surface area contributed by atoms with E-state index in [9.17, 15) is 0 Å². The first-order valence-electron chi connectivity index (χ1n) is 5.08. The minimum Gasteiger partial charge on any atom is -0.345 e. The fourth-order valence-corrected chi connectivity index (χ4v) is 2.26. The molecule has 0 aliphatic carbocycles. The molecule has 0 aliphatic rings. The number of aromatic amines is 1. The number of aryl methyl sites for hydroxylation is 1. The smallest absolute Gasteiger partial charge is 0.142 e. The molecule has 0 spiro atoms. The van der Waals surface area contributed by atoms with Crippen molar-refractivity contribution < 1.29 is 0 Å². The first-order chi connectivity index (χ1) is 7.08. The molecule has 2 rings (SSSR count). The maximum Gasteiger partial charge on any atom is 0.142 e. The van der Waals surface area contributed by atoms with Crippen LogP contribution < -0.4 is 0 Å². The van der Waals surface area contributed by atoms with E-state index in [4.69, 9.17) is 0 Å². The Morgan fingerprint density at radius 2 is 2.13 bits per heavy atom. The molecular weight excluding hydrogens is 254 g/mol. The van der Waals surface area contributed by atoms with Crippen LogP contribution >= 0.6 is 15.9 Å². The van der Waals surface area contributed by atoms with Crippen LogP contribution in [0.2, 0.25) is 0 Å². The van der Waals surface area contributed by atoms with Crippen molar-refractivity contribution in [3.8, 4) is 0 Å². The van der Waals surface area contributed by atoms with Gasteiger partial charge in [0.1, 0.15) is 11.5 Å². The molecule has 2 aromatic rings. The quantitative estimate of drug-likeness (QED) is 0.908. The van der Waals surface area contributed by atoms with Gasteiger partial charge in [-0.3, -0.25) is 0 Å². The highest BCUT2D eigenvalue weighted by atomic mass is 79.9. The van der Waals surface area contributed by atoms with Crippen molar-refractivity contribution in [3.63, 3.8) is 0 Å². The Labute approximate surface area is 97.5 Å². The minimum absolute atomic E-state index is 0.601. The van der Waals surface area contributed by atoms with Crippen LogP contribution in [0.4, 0.5) is 0 Å². The van der Waals surface area contributed by atoms with Crippen molar-refractivity contribution in [2.45, 2.75) is 27.2 Å². The Morgan fingerprint density at radius 1 is 1.40 bits per heavy atom. The fraction of sp³-hybridized carbons (Fsp3) is 0.455. The van der Waals surface area contributed by atoms with Crippen LogP contribution in [0.3, 0.4) is 0 Å². The molecule has 2 heterocycles. The summed E-state index contributed by atoms with van der Waals surface area (Å²) in [4.78, 5) is 12.0. The SMILES string of the molecule is Cc1nc(CC(C)C)c2c(Br)c[nH]c2n1. The molecule has 0 radical (unpaired) electrons. The number of nitrogens with one attached hydrogen (secondary N) is 1. The second-order valence-electron chi connectivity index (χ2n) is 4.18. The Balaban J connectivity index is 2.63. The molecule has 0 atom stereocenters. The van der Waals surface area contributed by atoms with Gasteiger partial charge in [-0.25, -0.2) is 9.97 Å². The summed E-state index contributed by atoms with van der Waals surface area (Å²) in [5.41, 5.74) is 2.05. The van der Waals surface area contributed by atoms with E-state index >= 15 is 0 Å². The van der Waals surface area contributed by atoms with E-state index in [0.29, 0.717) is 5.92 Å². The van der Waals surface area contributed by atoms with Crippen molar-refractivity contribution in [2.75, 3.05) is 0 Å². The number of fused-ring (bicyclic) bond motifs is 1. The van der Waals surface area contributed by atoms with E-state index in [0.717, 1.165) is 33.4 Å². The lowest BCUT2D eigenvalue weighted by Gasteiger charge is -2.06. The normalized spacial score (nSPS) is 11.5. The van der Waals surface area contributed by atoms with Crippen LogP contribution in [0.5, 0.6) is 0 Å². The molecule has 2 aromatic heterocycles. The van der Waals surface area contributed by atoms with Crippen LogP contribution in [0.15, 0.2) is 10.7 Å². The first kappa shape index (κ1) is 10.6. The molecule has 4 heteroatoms. The number of hydrogen-bond donors (Lipinski definition) is 1. The number of hydrogen-bond acceptors (Lipinski definition) is 2. The van der Waals surface area contributed by atoms with Gasteiger partial charge in [-0.1, -0.05) is 13.8 Å². The monoisotopic (exact) mass is 267 g/mol. The minimum atomic E-state index is 0.601. The first-order valence-corrected chi connectivity index (χ1v) is 5.87. The summed E-state index contributed by atoms with van der Waals surface area (Å²) >= 11 is 3.52. The number of nitrogens with zero attached hydrogens (tertiary/aromatic N) is 2. The van der Waals surface area contributed by atoms with E-state index in [1.165, 1.54) is 0 Å². The largest absolute Gasteiger partial charge is 0.345 e. The van der Waals surface area contributed by atoms with Crippen LogP contribution in [-0.2, 0) is 6.42 Å². The predicted octanol–water partition coefficient (Wildman–Crippen LogP) is 3.23. The molecule has 0 bridgehead atoms. The maximum atomic E-state index is 4.51. The van der Waals surface area contributed by atoms with E-state index in [2.05, 4.69) is 44.7 Å². The van der Waals surface area contributed by atoms with Gasteiger partial charge < -0.3 is 4.98 Å². The molecule has 0 aromatic carbocycles. The maximum absolute atomic E-state index is 4.51. The summed E-state index contributed by atoms with van der Waals surface area (Å²) in [5, 5.41) is 1.12. The third-order valence-corrected chi connectivity index (χ3v) is 2.90. The second kappa shape index (κ2) is 3.93. The summed E-state index contributed by atoms with van der Waals surface area (Å²) in [7, 11) is 0. The molecule has 0 unspecified atom stereocenters. The third kappa shape index (κ3) is 2.04. The Morgan fingerprint density at radius 3 is 2.80 bits per heavy atom. The van der Waals surface area contributed by atoms with Gasteiger partial charge in [0.25, 0.3) is 0 Å². The summed E-state index contributed by atoms with van der Waals surface area (Å²) in [6.45, 7) is 6.33. The number of rotatable bonds is 2. The Bertz CT molecular complexity index is 488. The summed E-state index contributed by atoms with van der Waals surface area (Å²) in [6, 6.07) is 0. The van der Waals surface area contributed by atoms with Gasteiger partial charge in [-0.15, -0.1) is 0 Å². The van der Waals surface area contributed by atoms with E-state index in [1.54, 1.807) is 0 Å². The van der Waals surface area contributed by atoms with Gasteiger partial charge in [-0.2, -0.15) is 0 Å². The van der Waals surface area contributed by atoms with Crippen molar-refractivity contribution in [3.05, 3.63) is 22.2 Å². The highest BCUT2D eigenvalue weighted by Gasteiger charge is 2.11. The topological polar surface area (TPSA) is 41.6 Å². The van der Waals surface area contributed by atoms with E-state index < -0.39 is 0 Å². The van der Waals surface area contributed by atoms with Crippen molar-refractivity contribution in [1.82, 2.24) is 15.0 Å². The number of aromatic nitrogens is 3. The molecule has 80 valence electrons. The average Bonchev–Trinajstić information content (AvgIpc) is 2.46. The van der Waals surface area contributed by atoms with E-state index in [-0.39, 0.29) is 0 Å². The standard InChI is InChI=1S/C11H14BrN3/c1-6(2)4-9-10-8(12)5-13-11(10)15-7(3)14-9/h5-6H,4H2,1-3H3,(H,13,14,15). The average molecular weight is 268 g/mol. The Kier molecular flexibility index (Phi) is 2.78. The van der Waals surface area contributed by atoms with Crippen LogP contribution in [0.25, 0.3) is 11.0 Å². The summed E-state index contributed by atoms with van der Waals surface area (Å²) < 4.78 is 1.05. The second-order valence-corrected chi connectivity index (χ2v) is 5.03. The summed E-state index contributed by atoms with van der Waals surface area (Å²) in [5.74, 6) is 1.43. The van der Waals surface area contributed by atoms with Crippen molar-refractivity contribution in [2.24, 2.45) is 5.92 Å². The third-order valence-electron chi connectivity index (χ3n) is 2.27. The Hall–Kier alpha value is -0.900. The zero-order chi connectivity index (χ0) is 11.0. The zero-order valence-corrected chi connectivity index (χ0v) is 10.7. The lowest BCUT2D eigenvalue weighted by molar-refractivity contribution is 0.636. The molecule has 0 fully saturated rings. The lowest BCUT2D eigenvalue weighted by Crippen LogP contribution is -2.01. The van der Waals surface area contributed by atoms with Gasteiger partial charge in [-0.05, 0) is 35.2 Å². The number of H-pyrrole nitrogens is 1. The molecule has 3 nitrogen and oxygen atoms in total. The van der Waals surface area contributed by atoms with Crippen molar-refractivity contribution in [1.29, 1.82) is 0 Å². The molecule has 15 heavy (non-hydrogen) atoms. The zero-order valence-electron chi connectivity index (χ0n) is 9.13. The van der Waals surface area contributed by atoms with Gasteiger partial charge in [0.15, 0.2) is 0 Å². The van der Waals surface area contributed by atoms with Crippen LogP contribution in [0.1, 0.15) is 25.4 Å². The van der Waals surface area contributed by atoms with Gasteiger partial charge in [0.05, 0.1) is 11.1 Å². The molecule has 0 amide bonds. The van der Waals surface area contributed by atoms with Crippen LogP contribution in [-0.4, -0.2) is 15.0 Å². The summed E-state index contributed by atoms with van der Waals surface area (Å²) in [6.07, 6.45) is 2.90. The highest BCUT2D eigenvalue weighted by Crippen LogP contribution is 2.26. The fourth-order valence-electron chi connectivity index (χ4n) is 1.72. The van der Waals surface area contributed by atoms with Gasteiger partial charge in [0.2, 0.25) is 0 Å². The van der Waals surface area contributed by atoms with E-state index in [1.807, 2.05) is 13.1 Å².